The largest absolute Gasteiger partial charge is 0.289 e. The molecule has 0 saturated heterocycles. The molecule has 0 spiro atoms. The fourth-order valence-electron chi connectivity index (χ4n) is 6.49. The highest BCUT2D eigenvalue weighted by atomic mass is 16.1. The Labute approximate surface area is 188 Å². The third-order valence-corrected chi connectivity index (χ3v) is 8.20. The highest BCUT2D eigenvalue weighted by Crippen LogP contribution is 2.37. The molecule has 0 atom stereocenters. The Balaban J connectivity index is 1.33. The number of carbonyl (C=O) groups excluding carboxylic acids is 2. The van der Waals surface area contributed by atoms with Crippen LogP contribution in [0, 0.1) is 0 Å². The lowest BCUT2D eigenvalue weighted by Crippen LogP contribution is -2.22. The zero-order chi connectivity index (χ0) is 21.4. The van der Waals surface area contributed by atoms with Crippen molar-refractivity contribution in [3.63, 3.8) is 0 Å². The lowest BCUT2D eigenvalue weighted by molar-refractivity contribution is 0.102. The topological polar surface area (TPSA) is 34.1 Å². The summed E-state index contributed by atoms with van der Waals surface area (Å²) in [7, 11) is 0. The van der Waals surface area contributed by atoms with Crippen LogP contribution in [-0.4, -0.2) is 11.6 Å². The average molecular weight is 419 g/mol. The summed E-state index contributed by atoms with van der Waals surface area (Å²) >= 11 is 0. The summed E-state index contributed by atoms with van der Waals surface area (Å²) in [5, 5.41) is 0. The van der Waals surface area contributed by atoms with Gasteiger partial charge in [0.05, 0.1) is 0 Å². The summed E-state index contributed by atoms with van der Waals surface area (Å²) in [4.78, 5) is 27.0. The van der Waals surface area contributed by atoms with Crippen molar-refractivity contribution in [2.75, 3.05) is 0 Å². The Hall–Kier alpha value is -3.00. The van der Waals surface area contributed by atoms with Gasteiger partial charge in [-0.1, -0.05) is 12.1 Å². The van der Waals surface area contributed by atoms with Gasteiger partial charge >= 0.3 is 0 Å². The molecule has 0 aliphatic heterocycles. The van der Waals surface area contributed by atoms with E-state index in [0.717, 1.165) is 83.0 Å². The molecule has 4 aliphatic carbocycles. The maximum Gasteiger partial charge on any atom is 0.193 e. The smallest absolute Gasteiger partial charge is 0.193 e. The van der Waals surface area contributed by atoms with Gasteiger partial charge < -0.3 is 0 Å². The highest BCUT2D eigenvalue weighted by Gasteiger charge is 2.31. The van der Waals surface area contributed by atoms with Gasteiger partial charge in [-0.25, -0.2) is 0 Å². The fraction of sp³-hybridized carbons (Fsp3) is 0.333. The first kappa shape index (κ1) is 18.6. The first-order valence-electron chi connectivity index (χ1n) is 12.2. The zero-order valence-electron chi connectivity index (χ0n) is 18.4. The first-order chi connectivity index (χ1) is 15.7. The number of hydrogen-bond donors (Lipinski definition) is 0. The van der Waals surface area contributed by atoms with Gasteiger partial charge in [-0.3, -0.25) is 9.59 Å². The van der Waals surface area contributed by atoms with Crippen molar-refractivity contribution in [3.05, 3.63) is 103 Å². The molecule has 0 bridgehead atoms. The molecule has 158 valence electrons. The molecule has 3 aromatic carbocycles. The van der Waals surface area contributed by atoms with Crippen molar-refractivity contribution in [2.24, 2.45) is 0 Å². The van der Waals surface area contributed by atoms with E-state index in [1.807, 2.05) is 12.1 Å². The van der Waals surface area contributed by atoms with Gasteiger partial charge in [0.25, 0.3) is 0 Å². The average Bonchev–Trinajstić information content (AvgIpc) is 2.82. The number of benzene rings is 3. The van der Waals surface area contributed by atoms with Crippen LogP contribution in [0.15, 0.2) is 36.4 Å². The first-order valence-corrected chi connectivity index (χ1v) is 12.2. The molecule has 2 heteroatoms. The van der Waals surface area contributed by atoms with E-state index in [-0.39, 0.29) is 11.6 Å². The van der Waals surface area contributed by atoms with E-state index in [0.29, 0.717) is 0 Å². The minimum Gasteiger partial charge on any atom is -0.289 e. The van der Waals surface area contributed by atoms with Gasteiger partial charge in [-0.2, -0.15) is 0 Å². The Morgan fingerprint density at radius 2 is 0.656 bits per heavy atom. The number of aryl methyl sites for hydroxylation is 4. The van der Waals surface area contributed by atoms with Crippen molar-refractivity contribution in [1.29, 1.82) is 0 Å². The van der Waals surface area contributed by atoms with Crippen LogP contribution in [0.4, 0.5) is 0 Å². The molecule has 0 radical (unpaired) electrons. The molecule has 0 fully saturated rings. The van der Waals surface area contributed by atoms with E-state index < -0.39 is 0 Å². The van der Waals surface area contributed by atoms with Crippen LogP contribution in [-0.2, 0) is 38.5 Å². The summed E-state index contributed by atoms with van der Waals surface area (Å²) in [5.74, 6) is 0.280. The number of fused-ring (bicyclic) bond motifs is 6. The van der Waals surface area contributed by atoms with Crippen LogP contribution < -0.4 is 0 Å². The van der Waals surface area contributed by atoms with E-state index >= 15 is 0 Å². The van der Waals surface area contributed by atoms with Crippen LogP contribution >= 0.6 is 0 Å². The molecular formula is C30H26O2. The van der Waals surface area contributed by atoms with Crippen molar-refractivity contribution in [2.45, 2.75) is 64.2 Å². The zero-order valence-corrected chi connectivity index (χ0v) is 18.4. The second-order valence-electron chi connectivity index (χ2n) is 10.1. The van der Waals surface area contributed by atoms with E-state index in [4.69, 9.17) is 0 Å². The molecule has 0 unspecified atom stereocenters. The minimum atomic E-state index is 0.140. The monoisotopic (exact) mass is 418 g/mol. The number of carbonyl (C=O) groups is 2. The van der Waals surface area contributed by atoms with Crippen molar-refractivity contribution in [1.82, 2.24) is 0 Å². The Morgan fingerprint density at radius 1 is 0.375 bits per heavy atom. The molecule has 0 N–H and O–H groups in total. The summed E-state index contributed by atoms with van der Waals surface area (Å²) in [6, 6.07) is 13.0. The predicted molar refractivity (Wildman–Crippen MR) is 125 cm³/mol. The molecule has 0 aromatic heterocycles. The van der Waals surface area contributed by atoms with Gasteiger partial charge in [0.15, 0.2) is 11.6 Å². The van der Waals surface area contributed by atoms with E-state index in [2.05, 4.69) is 24.3 Å². The van der Waals surface area contributed by atoms with Gasteiger partial charge in [-0.15, -0.1) is 0 Å². The third kappa shape index (κ3) is 2.65. The molecule has 32 heavy (non-hydrogen) atoms. The van der Waals surface area contributed by atoms with Crippen LogP contribution in [0.2, 0.25) is 0 Å². The van der Waals surface area contributed by atoms with Gasteiger partial charge in [0.2, 0.25) is 0 Å². The van der Waals surface area contributed by atoms with Crippen LogP contribution in [0.25, 0.3) is 0 Å². The Bertz CT molecular complexity index is 1250. The van der Waals surface area contributed by atoms with E-state index in [9.17, 15) is 9.59 Å². The Kier molecular flexibility index (Phi) is 3.91. The molecule has 7 rings (SSSR count). The van der Waals surface area contributed by atoms with E-state index in [1.54, 1.807) is 0 Å². The quantitative estimate of drug-likeness (QED) is 0.323. The third-order valence-electron chi connectivity index (χ3n) is 8.20. The van der Waals surface area contributed by atoms with E-state index in [1.165, 1.54) is 47.9 Å². The molecule has 3 aromatic rings. The lowest BCUT2D eigenvalue weighted by atomic mass is 9.75. The standard InChI is InChI=1S/C30H26O2/c31-29-25-13-19-7-3-1-5-17(19)9-21(25)11-23-15-28-24(16-27(23)29)12-22-10-18-6-2-4-8-20(18)14-26(22)30(28)32/h9-10,13-16H,1-8,11-12H2. The number of hydrogen-bond acceptors (Lipinski definition) is 2. The molecule has 0 heterocycles. The molecular weight excluding hydrogens is 392 g/mol. The van der Waals surface area contributed by atoms with Crippen LogP contribution in [0.3, 0.4) is 0 Å². The SMILES string of the molecule is O=C1c2cc3c(cc2Cc2cc4c(cc21)Cc1cc2c(cc1C4=O)CCCC2)CCCC3. The van der Waals surface area contributed by atoms with Gasteiger partial charge in [0.1, 0.15) is 0 Å². The highest BCUT2D eigenvalue weighted by molar-refractivity contribution is 6.16. The molecule has 2 nitrogen and oxygen atoms in total. The lowest BCUT2D eigenvalue weighted by Gasteiger charge is -2.27. The van der Waals surface area contributed by atoms with Crippen molar-refractivity contribution >= 4 is 11.6 Å². The van der Waals surface area contributed by atoms with Crippen LogP contribution in [0.1, 0.15) is 102 Å². The predicted octanol–water partition coefficient (Wildman–Crippen LogP) is 5.71. The van der Waals surface area contributed by atoms with Crippen molar-refractivity contribution in [3.8, 4) is 0 Å². The summed E-state index contributed by atoms with van der Waals surface area (Å²) in [6.45, 7) is 0. The molecule has 0 amide bonds. The molecule has 4 aliphatic rings. The minimum absolute atomic E-state index is 0.140. The number of ketones is 2. The fourth-order valence-corrected chi connectivity index (χ4v) is 6.49. The van der Waals surface area contributed by atoms with Gasteiger partial charge in [0, 0.05) is 22.3 Å². The number of rotatable bonds is 0. The summed E-state index contributed by atoms with van der Waals surface area (Å²) in [5.41, 5.74) is 13.3. The second kappa shape index (κ2) is 6.75. The maximum absolute atomic E-state index is 13.5. The summed E-state index contributed by atoms with van der Waals surface area (Å²) < 4.78 is 0. The Morgan fingerprint density at radius 3 is 1.03 bits per heavy atom. The van der Waals surface area contributed by atoms with Crippen molar-refractivity contribution < 1.29 is 9.59 Å². The maximum atomic E-state index is 13.5. The normalized spacial score (nSPS) is 18.1. The van der Waals surface area contributed by atoms with Crippen LogP contribution in [0.5, 0.6) is 0 Å². The summed E-state index contributed by atoms with van der Waals surface area (Å²) in [6.07, 6.45) is 10.8. The molecule has 0 saturated carbocycles. The van der Waals surface area contributed by atoms with Gasteiger partial charge in [-0.05, 0) is 133 Å². The second-order valence-corrected chi connectivity index (χ2v) is 10.1.